The van der Waals surface area contributed by atoms with E-state index >= 15 is 0 Å². The van der Waals surface area contributed by atoms with Gasteiger partial charge in [0.1, 0.15) is 5.82 Å². The minimum atomic E-state index is -0.256. The van der Waals surface area contributed by atoms with Crippen LogP contribution in [0.2, 0.25) is 0 Å². The van der Waals surface area contributed by atoms with Crippen molar-refractivity contribution in [3.8, 4) is 0 Å². The minimum absolute atomic E-state index is 0.118. The molecule has 17 heavy (non-hydrogen) atoms. The number of benzene rings is 1. The highest BCUT2D eigenvalue weighted by Crippen LogP contribution is 2.17. The van der Waals surface area contributed by atoms with Crippen LogP contribution in [-0.2, 0) is 16.1 Å². The molecule has 1 aromatic carbocycles. The van der Waals surface area contributed by atoms with Gasteiger partial charge in [0.15, 0.2) is 0 Å². The molecule has 0 saturated carbocycles. The Kier molecular flexibility index (Phi) is 4.91. The van der Waals surface area contributed by atoms with Crippen LogP contribution in [0.4, 0.5) is 4.39 Å². The molecule has 0 aliphatic carbocycles. The maximum atomic E-state index is 13.0. The van der Waals surface area contributed by atoms with Crippen LogP contribution in [0.1, 0.15) is 5.56 Å². The molecule has 1 aliphatic rings. The van der Waals surface area contributed by atoms with E-state index in [2.05, 4.69) is 21.2 Å². The van der Waals surface area contributed by atoms with Crippen LogP contribution in [0.25, 0.3) is 0 Å². The van der Waals surface area contributed by atoms with Gasteiger partial charge in [-0.3, -0.25) is 0 Å². The molecule has 1 atom stereocenters. The zero-order valence-electron chi connectivity index (χ0n) is 9.42. The highest BCUT2D eigenvalue weighted by Gasteiger charge is 2.13. The second kappa shape index (κ2) is 6.44. The van der Waals surface area contributed by atoms with E-state index < -0.39 is 0 Å². The summed E-state index contributed by atoms with van der Waals surface area (Å²) < 4.78 is 24.5. The fourth-order valence-electron chi connectivity index (χ4n) is 1.66. The number of halogens is 2. The molecule has 0 aromatic heterocycles. The Hall–Kier alpha value is -0.490. The molecule has 3 nitrogen and oxygen atoms in total. The van der Waals surface area contributed by atoms with E-state index in [1.165, 1.54) is 6.07 Å². The molecular formula is C12H15BrFNO2. The standard InChI is InChI=1S/C12H15BrFNO2/c13-11-5-9(1-2-12(11)14)7-16-8-10-6-15-3-4-17-10/h1-2,5,10,15H,3-4,6-8H2. The van der Waals surface area contributed by atoms with Gasteiger partial charge in [-0.25, -0.2) is 4.39 Å². The number of nitrogens with one attached hydrogen (secondary N) is 1. The molecular weight excluding hydrogens is 289 g/mol. The van der Waals surface area contributed by atoms with E-state index in [9.17, 15) is 4.39 Å². The van der Waals surface area contributed by atoms with Crippen LogP contribution in [-0.4, -0.2) is 32.4 Å². The molecule has 1 unspecified atom stereocenters. The Morgan fingerprint density at radius 2 is 2.41 bits per heavy atom. The number of rotatable bonds is 4. The summed E-state index contributed by atoms with van der Waals surface area (Å²) in [5.41, 5.74) is 0.946. The van der Waals surface area contributed by atoms with Gasteiger partial charge in [-0.15, -0.1) is 0 Å². The number of morpholine rings is 1. The van der Waals surface area contributed by atoms with Gasteiger partial charge in [-0.05, 0) is 33.6 Å². The second-order valence-electron chi connectivity index (χ2n) is 3.96. The van der Waals surface area contributed by atoms with Crippen molar-refractivity contribution in [1.29, 1.82) is 0 Å². The Labute approximate surface area is 108 Å². The lowest BCUT2D eigenvalue weighted by atomic mass is 10.2. The van der Waals surface area contributed by atoms with Crippen molar-refractivity contribution in [1.82, 2.24) is 5.32 Å². The van der Waals surface area contributed by atoms with Crippen LogP contribution in [0, 0.1) is 5.82 Å². The Balaban J connectivity index is 1.75. The van der Waals surface area contributed by atoms with Gasteiger partial charge >= 0.3 is 0 Å². The molecule has 0 amide bonds. The lowest BCUT2D eigenvalue weighted by molar-refractivity contribution is -0.0357. The van der Waals surface area contributed by atoms with Gasteiger partial charge in [-0.1, -0.05) is 6.07 Å². The van der Waals surface area contributed by atoms with Gasteiger partial charge in [0.05, 0.1) is 30.4 Å². The monoisotopic (exact) mass is 303 g/mol. The zero-order valence-corrected chi connectivity index (χ0v) is 11.0. The van der Waals surface area contributed by atoms with Gasteiger partial charge in [0, 0.05) is 13.1 Å². The molecule has 2 rings (SSSR count). The number of hydrogen-bond donors (Lipinski definition) is 1. The molecule has 0 spiro atoms. The first-order chi connectivity index (χ1) is 8.25. The summed E-state index contributed by atoms with van der Waals surface area (Å²) in [7, 11) is 0. The van der Waals surface area contributed by atoms with Gasteiger partial charge < -0.3 is 14.8 Å². The molecule has 0 radical (unpaired) electrons. The summed E-state index contributed by atoms with van der Waals surface area (Å²) in [6.45, 7) is 3.49. The molecule has 1 fully saturated rings. The third-order valence-corrected chi connectivity index (χ3v) is 3.17. The molecule has 5 heteroatoms. The largest absolute Gasteiger partial charge is 0.374 e. The van der Waals surface area contributed by atoms with Crippen molar-refractivity contribution in [3.63, 3.8) is 0 Å². The first kappa shape index (κ1) is 13.0. The average Bonchev–Trinajstić information content (AvgIpc) is 2.35. The van der Waals surface area contributed by atoms with Crippen molar-refractivity contribution < 1.29 is 13.9 Å². The quantitative estimate of drug-likeness (QED) is 0.924. The summed E-state index contributed by atoms with van der Waals surface area (Å²) in [5.74, 6) is -0.256. The maximum absolute atomic E-state index is 13.0. The smallest absolute Gasteiger partial charge is 0.137 e. The molecule has 1 saturated heterocycles. The van der Waals surface area contributed by atoms with Crippen molar-refractivity contribution >= 4 is 15.9 Å². The molecule has 1 aliphatic heterocycles. The van der Waals surface area contributed by atoms with E-state index in [0.717, 1.165) is 25.3 Å². The fourth-order valence-corrected chi connectivity index (χ4v) is 2.09. The lowest BCUT2D eigenvalue weighted by Crippen LogP contribution is -2.40. The van der Waals surface area contributed by atoms with Crippen LogP contribution in [0.15, 0.2) is 22.7 Å². The maximum Gasteiger partial charge on any atom is 0.137 e. The summed E-state index contributed by atoms with van der Waals surface area (Å²) in [5, 5.41) is 3.24. The zero-order chi connectivity index (χ0) is 12.1. The average molecular weight is 304 g/mol. The third-order valence-electron chi connectivity index (χ3n) is 2.56. The fraction of sp³-hybridized carbons (Fsp3) is 0.500. The summed E-state index contributed by atoms with van der Waals surface area (Å²) in [6, 6.07) is 4.89. The predicted octanol–water partition coefficient (Wildman–Crippen LogP) is 2.09. The van der Waals surface area contributed by atoms with Crippen LogP contribution in [0.5, 0.6) is 0 Å². The van der Waals surface area contributed by atoms with Crippen LogP contribution < -0.4 is 5.32 Å². The first-order valence-corrected chi connectivity index (χ1v) is 6.39. The van der Waals surface area contributed by atoms with Crippen LogP contribution in [0.3, 0.4) is 0 Å². The first-order valence-electron chi connectivity index (χ1n) is 5.59. The normalized spacial score (nSPS) is 20.5. The van der Waals surface area contributed by atoms with Crippen LogP contribution >= 0.6 is 15.9 Å². The van der Waals surface area contributed by atoms with E-state index in [1.54, 1.807) is 12.1 Å². The predicted molar refractivity (Wildman–Crippen MR) is 66.4 cm³/mol. The Morgan fingerprint density at radius 1 is 1.53 bits per heavy atom. The van der Waals surface area contributed by atoms with E-state index in [4.69, 9.17) is 9.47 Å². The second-order valence-corrected chi connectivity index (χ2v) is 4.81. The van der Waals surface area contributed by atoms with E-state index in [0.29, 0.717) is 17.7 Å². The molecule has 1 aromatic rings. The van der Waals surface area contributed by atoms with Gasteiger partial charge in [0.2, 0.25) is 0 Å². The Morgan fingerprint density at radius 3 is 3.12 bits per heavy atom. The SMILES string of the molecule is Fc1ccc(COCC2CNCCO2)cc1Br. The third kappa shape index (κ3) is 4.03. The highest BCUT2D eigenvalue weighted by molar-refractivity contribution is 9.10. The molecule has 1 heterocycles. The van der Waals surface area contributed by atoms with Crippen molar-refractivity contribution in [2.45, 2.75) is 12.7 Å². The summed E-state index contributed by atoms with van der Waals surface area (Å²) in [4.78, 5) is 0. The van der Waals surface area contributed by atoms with Gasteiger partial charge in [0.25, 0.3) is 0 Å². The van der Waals surface area contributed by atoms with Crippen molar-refractivity contribution in [2.24, 2.45) is 0 Å². The number of hydrogen-bond acceptors (Lipinski definition) is 3. The molecule has 1 N–H and O–H groups in total. The lowest BCUT2D eigenvalue weighted by Gasteiger charge is -2.23. The highest BCUT2D eigenvalue weighted by atomic mass is 79.9. The summed E-state index contributed by atoms with van der Waals surface area (Å²) >= 11 is 3.15. The van der Waals surface area contributed by atoms with Gasteiger partial charge in [-0.2, -0.15) is 0 Å². The van der Waals surface area contributed by atoms with E-state index in [-0.39, 0.29) is 11.9 Å². The number of ether oxygens (including phenoxy) is 2. The van der Waals surface area contributed by atoms with Crippen molar-refractivity contribution in [2.75, 3.05) is 26.3 Å². The van der Waals surface area contributed by atoms with E-state index in [1.807, 2.05) is 0 Å². The minimum Gasteiger partial charge on any atom is -0.374 e. The van der Waals surface area contributed by atoms with Crippen molar-refractivity contribution in [3.05, 3.63) is 34.1 Å². The molecule has 94 valence electrons. The topological polar surface area (TPSA) is 30.5 Å². The summed E-state index contributed by atoms with van der Waals surface area (Å²) in [6.07, 6.45) is 0.118. The molecule has 0 bridgehead atoms. The Bertz CT molecular complexity index is 370.